The maximum absolute atomic E-state index is 5.60. The van der Waals surface area contributed by atoms with Crippen molar-refractivity contribution in [1.29, 1.82) is 0 Å². The Hall–Kier alpha value is -2.82. The van der Waals surface area contributed by atoms with Crippen LogP contribution < -0.4 is 0 Å². The molecule has 250 valence electrons. The van der Waals surface area contributed by atoms with Crippen LogP contribution in [0, 0.1) is 0 Å². The molecule has 0 atom stereocenters. The van der Waals surface area contributed by atoms with Gasteiger partial charge in [-0.05, 0) is 80.8 Å². The number of aromatic nitrogens is 4. The molecule has 0 fully saturated rings. The maximum Gasteiger partial charge on any atom is 0.116 e. The van der Waals surface area contributed by atoms with Gasteiger partial charge in [-0.3, -0.25) is 0 Å². The van der Waals surface area contributed by atoms with Crippen LogP contribution in [0.4, 0.5) is 0 Å². The minimum absolute atomic E-state index is 0.869. The SMILES string of the molecule is CCCCCCc1cc(-c2c3nsnc3c(-c3cc(CCCCCC)c(Br)s3)c3nc(-c4ccccc4)c(-c4ccccc4)nc23)sc1Br. The van der Waals surface area contributed by atoms with Crippen molar-refractivity contribution >= 4 is 88.3 Å². The molecule has 4 aromatic heterocycles. The lowest BCUT2D eigenvalue weighted by atomic mass is 9.98. The molecule has 0 saturated carbocycles. The summed E-state index contributed by atoms with van der Waals surface area (Å²) >= 11 is 12.7. The fraction of sp³-hybridized carbons (Fsp3) is 0.300. The number of benzene rings is 3. The van der Waals surface area contributed by atoms with Crippen molar-refractivity contribution in [3.05, 3.63) is 91.5 Å². The Kier molecular flexibility index (Phi) is 11.3. The predicted molar refractivity (Wildman–Crippen MR) is 219 cm³/mol. The largest absolute Gasteiger partial charge is 0.243 e. The van der Waals surface area contributed by atoms with Crippen molar-refractivity contribution in [3.63, 3.8) is 0 Å². The molecule has 3 aromatic carbocycles. The molecule has 0 saturated heterocycles. The number of hydrogen-bond acceptors (Lipinski definition) is 7. The van der Waals surface area contributed by atoms with Crippen LogP contribution in [0.3, 0.4) is 0 Å². The summed E-state index contributed by atoms with van der Waals surface area (Å²) in [5, 5.41) is 0. The first-order chi connectivity index (χ1) is 24.1. The van der Waals surface area contributed by atoms with E-state index >= 15 is 0 Å². The summed E-state index contributed by atoms with van der Waals surface area (Å²) in [6.07, 6.45) is 12.0. The Morgan fingerprint density at radius 3 is 1.37 bits per heavy atom. The molecule has 0 N–H and O–H groups in total. The summed E-state index contributed by atoms with van der Waals surface area (Å²) in [5.41, 5.74) is 12.1. The number of fused-ring (bicyclic) bond motifs is 2. The van der Waals surface area contributed by atoms with Gasteiger partial charge in [-0.1, -0.05) is 113 Å². The fourth-order valence-electron chi connectivity index (χ4n) is 6.47. The van der Waals surface area contributed by atoms with E-state index in [1.807, 2.05) is 12.1 Å². The van der Waals surface area contributed by atoms with Crippen LogP contribution in [0.1, 0.15) is 76.3 Å². The summed E-state index contributed by atoms with van der Waals surface area (Å²) in [6.45, 7) is 4.52. The van der Waals surface area contributed by atoms with Crippen molar-refractivity contribution in [2.75, 3.05) is 0 Å². The quantitative estimate of drug-likeness (QED) is 0.102. The van der Waals surface area contributed by atoms with Crippen LogP contribution >= 0.6 is 66.3 Å². The van der Waals surface area contributed by atoms with Gasteiger partial charge >= 0.3 is 0 Å². The highest BCUT2D eigenvalue weighted by Crippen LogP contribution is 2.49. The first kappa shape index (κ1) is 34.6. The van der Waals surface area contributed by atoms with Gasteiger partial charge in [-0.15, -0.1) is 22.7 Å². The normalized spacial score (nSPS) is 11.7. The van der Waals surface area contributed by atoms with Crippen molar-refractivity contribution < 1.29 is 0 Å². The molecule has 0 amide bonds. The summed E-state index contributed by atoms with van der Waals surface area (Å²) < 4.78 is 12.3. The Bertz CT molecular complexity index is 2040. The molecular formula is C40H38Br2N4S3. The Labute approximate surface area is 317 Å². The molecule has 4 heterocycles. The summed E-state index contributed by atoms with van der Waals surface area (Å²) in [4.78, 5) is 13.5. The van der Waals surface area contributed by atoms with Gasteiger partial charge in [-0.25, -0.2) is 9.97 Å². The Balaban J connectivity index is 1.50. The zero-order chi connectivity index (χ0) is 33.7. The molecule has 7 rings (SSSR count). The minimum Gasteiger partial charge on any atom is -0.243 e. The highest BCUT2D eigenvalue weighted by atomic mass is 79.9. The van der Waals surface area contributed by atoms with Crippen LogP contribution in [0.15, 0.2) is 80.4 Å². The highest BCUT2D eigenvalue weighted by molar-refractivity contribution is 9.11. The number of unbranched alkanes of at least 4 members (excludes halogenated alkanes) is 6. The van der Waals surface area contributed by atoms with Gasteiger partial charge in [0.2, 0.25) is 0 Å². The molecule has 9 heteroatoms. The highest BCUT2D eigenvalue weighted by Gasteiger charge is 2.27. The molecular weight excluding hydrogens is 792 g/mol. The Morgan fingerprint density at radius 1 is 0.531 bits per heavy atom. The molecule has 49 heavy (non-hydrogen) atoms. The van der Waals surface area contributed by atoms with Gasteiger partial charge in [0, 0.05) is 32.0 Å². The number of halogens is 2. The van der Waals surface area contributed by atoms with Crippen LogP contribution in [0.25, 0.3) is 65.5 Å². The number of aryl methyl sites for hydroxylation is 2. The number of nitrogens with zero attached hydrogens (tertiary/aromatic N) is 4. The van der Waals surface area contributed by atoms with E-state index in [2.05, 4.69) is 106 Å². The zero-order valence-electron chi connectivity index (χ0n) is 27.8. The molecule has 0 unspecified atom stereocenters. The van der Waals surface area contributed by atoms with Crippen molar-refractivity contribution in [2.24, 2.45) is 0 Å². The van der Waals surface area contributed by atoms with Crippen molar-refractivity contribution in [1.82, 2.24) is 18.7 Å². The van der Waals surface area contributed by atoms with Gasteiger partial charge in [0.15, 0.2) is 0 Å². The second-order valence-corrected chi connectivity index (χ2v) is 17.8. The lowest BCUT2D eigenvalue weighted by Crippen LogP contribution is -1.99. The number of hydrogen-bond donors (Lipinski definition) is 0. The molecule has 4 nitrogen and oxygen atoms in total. The first-order valence-corrected chi connectivity index (χ1v) is 21.2. The topological polar surface area (TPSA) is 51.6 Å². The molecule has 7 aromatic rings. The smallest absolute Gasteiger partial charge is 0.116 e. The summed E-state index contributed by atoms with van der Waals surface area (Å²) in [5.74, 6) is 0. The van der Waals surface area contributed by atoms with E-state index in [4.69, 9.17) is 18.7 Å². The third-order valence-electron chi connectivity index (χ3n) is 9.03. The van der Waals surface area contributed by atoms with E-state index in [9.17, 15) is 0 Å². The van der Waals surface area contributed by atoms with E-state index in [0.29, 0.717) is 0 Å². The molecule has 0 radical (unpaired) electrons. The van der Waals surface area contributed by atoms with Gasteiger partial charge in [0.1, 0.15) is 22.1 Å². The average molecular weight is 831 g/mol. The monoisotopic (exact) mass is 828 g/mol. The zero-order valence-corrected chi connectivity index (χ0v) is 33.4. The second-order valence-electron chi connectivity index (χ2n) is 12.5. The first-order valence-electron chi connectivity index (χ1n) is 17.2. The second kappa shape index (κ2) is 16.0. The standard InChI is InChI=1S/C40H38Br2N4S3/c1-3-5-7-11-21-27-23-29(47-39(27)41)31-35-36(44-34(26-19-15-10-16-20-26)33(43-35)25-17-13-9-14-18-25)32(38-37(31)45-49-46-38)30-24-28(40(42)48-30)22-12-8-6-4-2/h9-10,13-20,23-24H,3-8,11-12,21-22H2,1-2H3. The van der Waals surface area contributed by atoms with Crippen molar-refractivity contribution in [2.45, 2.75) is 78.1 Å². The van der Waals surface area contributed by atoms with Crippen molar-refractivity contribution in [3.8, 4) is 43.4 Å². The van der Waals surface area contributed by atoms with Gasteiger partial charge in [0.05, 0.1) is 30.7 Å². The van der Waals surface area contributed by atoms with Gasteiger partial charge in [-0.2, -0.15) is 8.75 Å². The third kappa shape index (κ3) is 7.33. The van der Waals surface area contributed by atoms with E-state index in [1.54, 1.807) is 22.7 Å². The van der Waals surface area contributed by atoms with Crippen LogP contribution in [0.5, 0.6) is 0 Å². The molecule has 0 aliphatic carbocycles. The van der Waals surface area contributed by atoms with Gasteiger partial charge < -0.3 is 0 Å². The molecule has 0 aliphatic heterocycles. The van der Waals surface area contributed by atoms with E-state index in [0.717, 1.165) is 78.3 Å². The minimum atomic E-state index is 0.869. The maximum atomic E-state index is 5.60. The van der Waals surface area contributed by atoms with E-state index < -0.39 is 0 Å². The molecule has 0 spiro atoms. The van der Waals surface area contributed by atoms with Crippen LogP contribution in [-0.2, 0) is 12.8 Å². The van der Waals surface area contributed by atoms with Crippen LogP contribution in [0.2, 0.25) is 0 Å². The molecule has 0 bridgehead atoms. The fourth-order valence-corrected chi connectivity index (χ4v) is 10.7. The van der Waals surface area contributed by atoms with E-state index in [-0.39, 0.29) is 0 Å². The number of rotatable bonds is 14. The summed E-state index contributed by atoms with van der Waals surface area (Å²) in [6, 6.07) is 25.6. The predicted octanol–water partition coefficient (Wildman–Crippen LogP) is 14.2. The van der Waals surface area contributed by atoms with E-state index in [1.165, 1.54) is 81.8 Å². The summed E-state index contributed by atoms with van der Waals surface area (Å²) in [7, 11) is 0. The lowest BCUT2D eigenvalue weighted by molar-refractivity contribution is 0.667. The van der Waals surface area contributed by atoms with Crippen LogP contribution in [-0.4, -0.2) is 18.7 Å². The average Bonchev–Trinajstić information content (AvgIpc) is 3.86. The number of thiophene rings is 2. The van der Waals surface area contributed by atoms with Gasteiger partial charge in [0.25, 0.3) is 0 Å². The molecule has 0 aliphatic rings. The lowest BCUT2D eigenvalue weighted by Gasteiger charge is -2.15. The third-order valence-corrected chi connectivity index (χ3v) is 13.5. The Morgan fingerprint density at radius 2 is 0.959 bits per heavy atom.